The molecule has 0 aliphatic carbocycles. The first-order chi connectivity index (χ1) is 9.66. The van der Waals surface area contributed by atoms with Gasteiger partial charge in [0, 0.05) is 4.92 Å². The highest BCUT2D eigenvalue weighted by Gasteiger charge is 2.10. The average molecular weight is 287 g/mol. The molecule has 0 amide bonds. The lowest BCUT2D eigenvalue weighted by molar-refractivity contribution is -0.490. The SMILES string of the molecule is CCCCCCCCCCCCCCC(O)C[N+](=O)[O-]. The Morgan fingerprint density at radius 2 is 1.25 bits per heavy atom. The maximum atomic E-state index is 10.2. The maximum absolute atomic E-state index is 10.2. The van der Waals surface area contributed by atoms with Crippen molar-refractivity contribution in [1.82, 2.24) is 0 Å². The number of hydrogen-bond donors (Lipinski definition) is 1. The van der Waals surface area contributed by atoms with E-state index in [9.17, 15) is 15.2 Å². The smallest absolute Gasteiger partial charge is 0.229 e. The van der Waals surface area contributed by atoms with Gasteiger partial charge in [0.2, 0.25) is 6.54 Å². The highest BCUT2D eigenvalue weighted by Crippen LogP contribution is 2.12. The van der Waals surface area contributed by atoms with Gasteiger partial charge in [0.1, 0.15) is 6.10 Å². The van der Waals surface area contributed by atoms with Crippen molar-refractivity contribution in [3.63, 3.8) is 0 Å². The van der Waals surface area contributed by atoms with Crippen LogP contribution in [0.1, 0.15) is 90.4 Å². The molecule has 1 N–H and O–H groups in total. The number of nitro groups is 1. The van der Waals surface area contributed by atoms with Crippen molar-refractivity contribution in [3.05, 3.63) is 10.1 Å². The molecule has 4 nitrogen and oxygen atoms in total. The standard InChI is InChI=1S/C16H33NO3/c1-2-3-4-5-6-7-8-9-10-11-12-13-14-16(18)15-17(19)20/h16,18H,2-15H2,1H3. The van der Waals surface area contributed by atoms with Crippen LogP contribution in [0.5, 0.6) is 0 Å². The Morgan fingerprint density at radius 1 is 0.850 bits per heavy atom. The van der Waals surface area contributed by atoms with Gasteiger partial charge in [-0.1, -0.05) is 84.0 Å². The molecule has 0 saturated heterocycles. The van der Waals surface area contributed by atoms with E-state index in [1.54, 1.807) is 0 Å². The van der Waals surface area contributed by atoms with Gasteiger partial charge in [0.25, 0.3) is 0 Å². The summed E-state index contributed by atoms with van der Waals surface area (Å²) < 4.78 is 0. The number of rotatable bonds is 15. The second-order valence-corrected chi connectivity index (χ2v) is 5.85. The van der Waals surface area contributed by atoms with Gasteiger partial charge >= 0.3 is 0 Å². The lowest BCUT2D eigenvalue weighted by Gasteiger charge is -2.05. The third kappa shape index (κ3) is 15.4. The molecule has 120 valence electrons. The first-order valence-electron chi connectivity index (χ1n) is 8.46. The summed E-state index contributed by atoms with van der Waals surface area (Å²) in [5, 5.41) is 19.5. The van der Waals surface area contributed by atoms with Crippen molar-refractivity contribution >= 4 is 0 Å². The quantitative estimate of drug-likeness (QED) is 0.269. The fourth-order valence-electron chi connectivity index (χ4n) is 2.48. The minimum absolute atomic E-state index is 0.308. The van der Waals surface area contributed by atoms with Crippen LogP contribution >= 0.6 is 0 Å². The predicted octanol–water partition coefficient (Wildman–Crippen LogP) is 4.72. The Labute approximate surface area is 124 Å². The molecule has 1 atom stereocenters. The van der Waals surface area contributed by atoms with Gasteiger partial charge in [-0.15, -0.1) is 0 Å². The Bertz CT molecular complexity index is 222. The van der Waals surface area contributed by atoms with Crippen molar-refractivity contribution in [1.29, 1.82) is 0 Å². The normalized spacial score (nSPS) is 12.5. The molecule has 0 aromatic heterocycles. The van der Waals surface area contributed by atoms with Gasteiger partial charge in [-0.05, 0) is 6.42 Å². The van der Waals surface area contributed by atoms with E-state index < -0.39 is 11.0 Å². The Balaban J connectivity index is 3.08. The van der Waals surface area contributed by atoms with E-state index in [0.717, 1.165) is 12.8 Å². The van der Waals surface area contributed by atoms with Crippen LogP contribution in [-0.4, -0.2) is 22.7 Å². The highest BCUT2D eigenvalue weighted by molar-refractivity contribution is 4.54. The predicted molar refractivity (Wildman–Crippen MR) is 83.6 cm³/mol. The number of nitrogens with zero attached hydrogens (tertiary/aromatic N) is 1. The fraction of sp³-hybridized carbons (Fsp3) is 1.00. The molecule has 0 aromatic rings. The van der Waals surface area contributed by atoms with Crippen molar-refractivity contribution in [2.24, 2.45) is 0 Å². The van der Waals surface area contributed by atoms with E-state index in [2.05, 4.69) is 6.92 Å². The lowest BCUT2D eigenvalue weighted by atomic mass is 10.0. The van der Waals surface area contributed by atoms with E-state index in [4.69, 9.17) is 0 Å². The molecule has 0 radical (unpaired) electrons. The lowest BCUT2D eigenvalue weighted by Crippen LogP contribution is -2.18. The second kappa shape index (κ2) is 14.8. The zero-order valence-electron chi connectivity index (χ0n) is 13.2. The maximum Gasteiger partial charge on any atom is 0.229 e. The molecular weight excluding hydrogens is 254 g/mol. The molecule has 0 aromatic carbocycles. The van der Waals surface area contributed by atoms with Crippen LogP contribution in [0.2, 0.25) is 0 Å². The molecule has 1 unspecified atom stereocenters. The second-order valence-electron chi connectivity index (χ2n) is 5.85. The first kappa shape index (κ1) is 19.4. The van der Waals surface area contributed by atoms with Crippen LogP contribution in [0.15, 0.2) is 0 Å². The van der Waals surface area contributed by atoms with E-state index >= 15 is 0 Å². The molecule has 0 rings (SSSR count). The summed E-state index contributed by atoms with van der Waals surface area (Å²) in [5.41, 5.74) is 0. The molecule has 4 heteroatoms. The summed E-state index contributed by atoms with van der Waals surface area (Å²) >= 11 is 0. The Morgan fingerprint density at radius 3 is 1.65 bits per heavy atom. The zero-order chi connectivity index (χ0) is 15.1. The molecule has 0 saturated carbocycles. The van der Waals surface area contributed by atoms with Crippen molar-refractivity contribution in [2.75, 3.05) is 6.54 Å². The average Bonchev–Trinajstić information content (AvgIpc) is 2.39. The van der Waals surface area contributed by atoms with Crippen LogP contribution in [0.3, 0.4) is 0 Å². The minimum Gasteiger partial charge on any atom is -0.386 e. The third-order valence-electron chi connectivity index (χ3n) is 3.75. The van der Waals surface area contributed by atoms with E-state index in [1.165, 1.54) is 64.2 Å². The van der Waals surface area contributed by atoms with Gasteiger partial charge < -0.3 is 5.11 Å². The number of aliphatic hydroxyl groups excluding tert-OH is 1. The first-order valence-corrected chi connectivity index (χ1v) is 8.46. The number of hydrogen-bond acceptors (Lipinski definition) is 3. The van der Waals surface area contributed by atoms with E-state index in [1.807, 2.05) is 0 Å². The molecule has 0 heterocycles. The van der Waals surface area contributed by atoms with Gasteiger partial charge in [-0.2, -0.15) is 0 Å². The molecule has 0 bridgehead atoms. The minimum atomic E-state index is -0.756. The summed E-state index contributed by atoms with van der Waals surface area (Å²) in [6.45, 7) is 1.94. The van der Waals surface area contributed by atoms with Crippen LogP contribution in [-0.2, 0) is 0 Å². The van der Waals surface area contributed by atoms with Crippen LogP contribution < -0.4 is 0 Å². The molecule has 0 spiro atoms. The third-order valence-corrected chi connectivity index (χ3v) is 3.75. The summed E-state index contributed by atoms with van der Waals surface area (Å²) in [6.07, 6.45) is 15.1. The topological polar surface area (TPSA) is 63.4 Å². The van der Waals surface area contributed by atoms with Crippen LogP contribution in [0, 0.1) is 10.1 Å². The largest absolute Gasteiger partial charge is 0.386 e. The van der Waals surface area contributed by atoms with Gasteiger partial charge in [0.05, 0.1) is 0 Å². The van der Waals surface area contributed by atoms with Crippen LogP contribution in [0.4, 0.5) is 0 Å². The zero-order valence-corrected chi connectivity index (χ0v) is 13.2. The Kier molecular flexibility index (Phi) is 14.3. The molecular formula is C16H33NO3. The van der Waals surface area contributed by atoms with Gasteiger partial charge in [-0.25, -0.2) is 0 Å². The van der Waals surface area contributed by atoms with Crippen LogP contribution in [0.25, 0.3) is 0 Å². The van der Waals surface area contributed by atoms with Gasteiger partial charge in [0.15, 0.2) is 0 Å². The fourth-order valence-corrected chi connectivity index (χ4v) is 2.48. The van der Waals surface area contributed by atoms with Crippen molar-refractivity contribution in [3.8, 4) is 0 Å². The summed E-state index contributed by atoms with van der Waals surface area (Å²) in [7, 11) is 0. The van der Waals surface area contributed by atoms with Crippen molar-refractivity contribution in [2.45, 2.75) is 96.5 Å². The van der Waals surface area contributed by atoms with Gasteiger partial charge in [-0.3, -0.25) is 10.1 Å². The monoisotopic (exact) mass is 287 g/mol. The molecule has 0 aliphatic rings. The summed E-state index contributed by atoms with van der Waals surface area (Å²) in [6, 6.07) is 0. The summed E-state index contributed by atoms with van der Waals surface area (Å²) in [4.78, 5) is 9.73. The van der Waals surface area contributed by atoms with Crippen molar-refractivity contribution < 1.29 is 10.0 Å². The molecule has 0 fully saturated rings. The highest BCUT2D eigenvalue weighted by atomic mass is 16.6. The number of unbranched alkanes of at least 4 members (excludes halogenated alkanes) is 11. The Hall–Kier alpha value is -0.640. The van der Waals surface area contributed by atoms with E-state index in [-0.39, 0.29) is 6.54 Å². The van der Waals surface area contributed by atoms with E-state index in [0.29, 0.717) is 6.42 Å². The summed E-state index contributed by atoms with van der Waals surface area (Å²) in [5.74, 6) is 0. The molecule has 20 heavy (non-hydrogen) atoms. The molecule has 0 aliphatic heterocycles. The number of aliphatic hydroxyl groups is 1.